The Morgan fingerprint density at radius 1 is 1.10 bits per heavy atom. The van der Waals surface area contributed by atoms with E-state index in [1.54, 1.807) is 0 Å². The zero-order chi connectivity index (χ0) is 14.7. The summed E-state index contributed by atoms with van der Waals surface area (Å²) in [6.07, 6.45) is 0. The van der Waals surface area contributed by atoms with E-state index < -0.39 is 0 Å². The summed E-state index contributed by atoms with van der Waals surface area (Å²) in [7, 11) is 4.31. The number of fused-ring (bicyclic) bond motifs is 1. The molecule has 0 aromatic heterocycles. The van der Waals surface area contributed by atoms with E-state index >= 15 is 0 Å². The van der Waals surface area contributed by atoms with Crippen LogP contribution in [0.5, 0.6) is 0 Å². The lowest BCUT2D eigenvalue weighted by Gasteiger charge is -2.36. The average Bonchev–Trinajstić information content (AvgIpc) is 2.90. The Morgan fingerprint density at radius 2 is 1.81 bits per heavy atom. The lowest BCUT2D eigenvalue weighted by atomic mass is 10.0. The number of benzene rings is 1. The maximum absolute atomic E-state index is 3.54. The zero-order valence-corrected chi connectivity index (χ0v) is 13.4. The second-order valence-corrected chi connectivity index (χ2v) is 6.61. The Labute approximate surface area is 128 Å². The summed E-state index contributed by atoms with van der Waals surface area (Å²) in [6.45, 7) is 9.53. The van der Waals surface area contributed by atoms with E-state index in [1.165, 1.54) is 57.1 Å². The summed E-state index contributed by atoms with van der Waals surface area (Å²) >= 11 is 0. The summed E-state index contributed by atoms with van der Waals surface area (Å²) in [5, 5.41) is 3.54. The summed E-state index contributed by atoms with van der Waals surface area (Å²) in [5.74, 6) is 0.662. The molecule has 0 radical (unpaired) electrons. The minimum atomic E-state index is 0.662. The highest BCUT2D eigenvalue weighted by Gasteiger charge is 2.25. The van der Waals surface area contributed by atoms with Gasteiger partial charge < -0.3 is 15.1 Å². The largest absolute Gasteiger partial charge is 0.384 e. The first-order valence-corrected chi connectivity index (χ1v) is 8.14. The molecular formula is C17H28N4. The SMILES string of the molecule is CN(C)CCN1CCN(CC2CNc3ccccc32)CC1. The predicted molar refractivity (Wildman–Crippen MR) is 89.1 cm³/mol. The highest BCUT2D eigenvalue weighted by atomic mass is 15.3. The first-order valence-electron chi connectivity index (χ1n) is 8.14. The number of para-hydroxylation sites is 1. The lowest BCUT2D eigenvalue weighted by molar-refractivity contribution is 0.121. The van der Waals surface area contributed by atoms with Gasteiger partial charge in [0.1, 0.15) is 0 Å². The van der Waals surface area contributed by atoms with Gasteiger partial charge in [-0.1, -0.05) is 18.2 Å². The minimum Gasteiger partial charge on any atom is -0.384 e. The molecule has 1 atom stereocenters. The van der Waals surface area contributed by atoms with Crippen LogP contribution in [0.25, 0.3) is 0 Å². The Kier molecular flexibility index (Phi) is 4.78. The second kappa shape index (κ2) is 6.77. The number of hydrogen-bond donors (Lipinski definition) is 1. The van der Waals surface area contributed by atoms with Crippen molar-refractivity contribution in [3.05, 3.63) is 29.8 Å². The van der Waals surface area contributed by atoms with Crippen molar-refractivity contribution in [3.8, 4) is 0 Å². The number of anilines is 1. The molecule has 1 unspecified atom stereocenters. The third-order valence-corrected chi connectivity index (χ3v) is 4.75. The van der Waals surface area contributed by atoms with Crippen molar-refractivity contribution in [1.82, 2.24) is 14.7 Å². The van der Waals surface area contributed by atoms with Crippen LogP contribution >= 0.6 is 0 Å². The number of piperazine rings is 1. The van der Waals surface area contributed by atoms with E-state index in [2.05, 4.69) is 58.4 Å². The van der Waals surface area contributed by atoms with Crippen molar-refractivity contribution in [2.75, 3.05) is 71.8 Å². The van der Waals surface area contributed by atoms with E-state index in [4.69, 9.17) is 0 Å². The van der Waals surface area contributed by atoms with Gasteiger partial charge in [0.25, 0.3) is 0 Å². The Balaban J connectivity index is 1.46. The maximum Gasteiger partial charge on any atom is 0.0376 e. The molecule has 0 saturated carbocycles. The fourth-order valence-electron chi connectivity index (χ4n) is 3.37. The Hall–Kier alpha value is -1.10. The van der Waals surface area contributed by atoms with E-state index in [1.807, 2.05) is 0 Å². The van der Waals surface area contributed by atoms with Gasteiger partial charge >= 0.3 is 0 Å². The molecule has 0 amide bonds. The van der Waals surface area contributed by atoms with Gasteiger partial charge in [-0.3, -0.25) is 4.90 Å². The van der Waals surface area contributed by atoms with Gasteiger partial charge in [0.15, 0.2) is 0 Å². The van der Waals surface area contributed by atoms with Crippen molar-refractivity contribution in [1.29, 1.82) is 0 Å². The van der Waals surface area contributed by atoms with E-state index in [-0.39, 0.29) is 0 Å². The molecule has 116 valence electrons. The van der Waals surface area contributed by atoms with Crippen molar-refractivity contribution >= 4 is 5.69 Å². The molecule has 4 nitrogen and oxygen atoms in total. The number of nitrogens with zero attached hydrogens (tertiary/aromatic N) is 3. The van der Waals surface area contributed by atoms with Crippen LogP contribution in [-0.2, 0) is 0 Å². The molecule has 2 aliphatic heterocycles. The number of hydrogen-bond acceptors (Lipinski definition) is 4. The smallest absolute Gasteiger partial charge is 0.0376 e. The van der Waals surface area contributed by atoms with Crippen molar-refractivity contribution in [2.45, 2.75) is 5.92 Å². The molecule has 21 heavy (non-hydrogen) atoms. The molecule has 1 fully saturated rings. The van der Waals surface area contributed by atoms with E-state index in [9.17, 15) is 0 Å². The van der Waals surface area contributed by atoms with Crippen molar-refractivity contribution in [2.24, 2.45) is 0 Å². The quantitative estimate of drug-likeness (QED) is 0.883. The van der Waals surface area contributed by atoms with E-state index in [0.717, 1.165) is 6.54 Å². The maximum atomic E-state index is 3.54. The molecule has 4 heteroatoms. The molecule has 0 aliphatic carbocycles. The number of nitrogens with one attached hydrogen (secondary N) is 1. The van der Waals surface area contributed by atoms with Crippen molar-refractivity contribution < 1.29 is 0 Å². The second-order valence-electron chi connectivity index (χ2n) is 6.61. The van der Waals surface area contributed by atoms with Gasteiger partial charge in [-0.2, -0.15) is 0 Å². The molecule has 3 rings (SSSR count). The molecule has 1 saturated heterocycles. The summed E-state index contributed by atoms with van der Waals surface area (Å²) < 4.78 is 0. The zero-order valence-electron chi connectivity index (χ0n) is 13.4. The Bertz CT molecular complexity index is 452. The first kappa shape index (κ1) is 14.8. The van der Waals surface area contributed by atoms with Crippen LogP contribution in [0.1, 0.15) is 11.5 Å². The third-order valence-electron chi connectivity index (χ3n) is 4.75. The fraction of sp³-hybridized carbons (Fsp3) is 0.647. The monoisotopic (exact) mass is 288 g/mol. The van der Waals surface area contributed by atoms with Crippen LogP contribution in [0, 0.1) is 0 Å². The summed E-state index contributed by atoms with van der Waals surface area (Å²) in [6, 6.07) is 8.78. The van der Waals surface area contributed by atoms with Gasteiger partial charge in [0.2, 0.25) is 0 Å². The molecule has 2 aliphatic rings. The Morgan fingerprint density at radius 3 is 2.57 bits per heavy atom. The average molecular weight is 288 g/mol. The van der Waals surface area contributed by atoms with E-state index in [0.29, 0.717) is 5.92 Å². The number of likely N-dealkylation sites (N-methyl/N-ethyl adjacent to an activating group) is 1. The van der Waals surface area contributed by atoms with Crippen LogP contribution in [0.2, 0.25) is 0 Å². The van der Waals surface area contributed by atoms with Crippen molar-refractivity contribution in [3.63, 3.8) is 0 Å². The van der Waals surface area contributed by atoms with Crippen LogP contribution in [0.3, 0.4) is 0 Å². The molecule has 1 aromatic rings. The lowest BCUT2D eigenvalue weighted by Crippen LogP contribution is -2.49. The normalized spacial score (nSPS) is 23.3. The van der Waals surface area contributed by atoms with Gasteiger partial charge in [0.05, 0.1) is 0 Å². The van der Waals surface area contributed by atoms with Crippen LogP contribution in [0.4, 0.5) is 5.69 Å². The highest BCUT2D eigenvalue weighted by molar-refractivity contribution is 5.57. The van der Waals surface area contributed by atoms with Gasteiger partial charge in [-0.05, 0) is 25.7 Å². The molecule has 2 heterocycles. The summed E-state index contributed by atoms with van der Waals surface area (Å²) in [5.41, 5.74) is 2.85. The molecule has 1 aromatic carbocycles. The minimum absolute atomic E-state index is 0.662. The van der Waals surface area contributed by atoms with Gasteiger partial charge in [-0.25, -0.2) is 0 Å². The molecular weight excluding hydrogens is 260 g/mol. The van der Waals surface area contributed by atoms with Gasteiger partial charge in [-0.15, -0.1) is 0 Å². The number of rotatable bonds is 5. The molecule has 0 bridgehead atoms. The molecule has 0 spiro atoms. The van der Waals surface area contributed by atoms with Crippen LogP contribution < -0.4 is 5.32 Å². The highest BCUT2D eigenvalue weighted by Crippen LogP contribution is 2.31. The topological polar surface area (TPSA) is 21.8 Å². The summed E-state index contributed by atoms with van der Waals surface area (Å²) in [4.78, 5) is 7.51. The molecule has 1 N–H and O–H groups in total. The predicted octanol–water partition coefficient (Wildman–Crippen LogP) is 1.37. The third kappa shape index (κ3) is 3.76. The van der Waals surface area contributed by atoms with Crippen LogP contribution in [-0.4, -0.2) is 81.2 Å². The first-order chi connectivity index (χ1) is 10.2. The fourth-order valence-corrected chi connectivity index (χ4v) is 3.37. The van der Waals surface area contributed by atoms with Crippen LogP contribution in [0.15, 0.2) is 24.3 Å². The standard InChI is InChI=1S/C17H28N4/c1-19(2)7-8-20-9-11-21(12-10-20)14-15-13-18-17-6-4-3-5-16(15)17/h3-6,15,18H,7-14H2,1-2H3. The van der Waals surface area contributed by atoms with Gasteiger partial charge in [0, 0.05) is 64.0 Å².